The Balaban J connectivity index is 5.99. The third-order valence-electron chi connectivity index (χ3n) is 8.44. The number of amides is 1. The first kappa shape index (κ1) is 50.8. The van der Waals surface area contributed by atoms with Crippen LogP contribution in [-0.2, 0) is 47.7 Å². The predicted molar refractivity (Wildman–Crippen MR) is 206 cm³/mol. The fourth-order valence-corrected chi connectivity index (χ4v) is 5.29. The van der Waals surface area contributed by atoms with Gasteiger partial charge in [-0.2, -0.15) is 0 Å². The predicted octanol–water partition coefficient (Wildman–Crippen LogP) is 1.94. The summed E-state index contributed by atoms with van der Waals surface area (Å²) < 4.78 is 22.5. The molecule has 0 saturated carbocycles. The van der Waals surface area contributed by atoms with E-state index in [9.17, 15) is 28.8 Å². The first-order valence-electron chi connectivity index (χ1n) is 20.2. The maximum atomic E-state index is 13.8. The average Bonchev–Trinajstić information content (AvgIpc) is 3.17. The van der Waals surface area contributed by atoms with Gasteiger partial charge >= 0.3 is 23.9 Å². The molecule has 0 heterocycles. The summed E-state index contributed by atoms with van der Waals surface area (Å²) in [5.74, 6) is -4.61. The van der Waals surface area contributed by atoms with Gasteiger partial charge in [0.25, 0.3) is 5.91 Å². The number of nitrogens with two attached hydrogens (primary N) is 2. The summed E-state index contributed by atoms with van der Waals surface area (Å²) in [7, 11) is 0. The van der Waals surface area contributed by atoms with Crippen molar-refractivity contribution < 1.29 is 47.7 Å². The van der Waals surface area contributed by atoms with E-state index in [0.717, 1.165) is 71.0 Å². The minimum absolute atomic E-state index is 0.0982. The van der Waals surface area contributed by atoms with E-state index >= 15 is 0 Å². The lowest BCUT2D eigenvalue weighted by Crippen LogP contribution is -2.58. The van der Waals surface area contributed by atoms with Crippen molar-refractivity contribution in [3.05, 3.63) is 0 Å². The molecule has 0 fully saturated rings. The Morgan fingerprint density at radius 3 is 1.33 bits per heavy atom. The van der Waals surface area contributed by atoms with Crippen LogP contribution in [-0.4, -0.2) is 119 Å². The molecule has 54 heavy (non-hydrogen) atoms. The molecule has 0 aliphatic heterocycles. The lowest BCUT2D eigenvalue weighted by molar-refractivity contribution is -0.202. The van der Waals surface area contributed by atoms with Gasteiger partial charge in [0.2, 0.25) is 12.2 Å². The number of unbranched alkanes of at least 4 members (excludes halogenated alkanes) is 8. The van der Waals surface area contributed by atoms with Crippen molar-refractivity contribution in [3.8, 4) is 0 Å². The fraction of sp³-hybridized carbons (Fsp3) is 0.842. The van der Waals surface area contributed by atoms with Gasteiger partial charge in [0.05, 0.1) is 0 Å². The molecule has 0 rings (SSSR count). The van der Waals surface area contributed by atoms with Crippen molar-refractivity contribution in [1.82, 2.24) is 21.3 Å². The van der Waals surface area contributed by atoms with Crippen LogP contribution in [0.5, 0.6) is 0 Å². The monoisotopic (exact) mass is 773 g/mol. The van der Waals surface area contributed by atoms with Gasteiger partial charge in [-0.05, 0) is 32.4 Å². The number of esters is 4. The number of rotatable bonds is 36. The largest absolute Gasteiger partial charge is 0.454 e. The van der Waals surface area contributed by atoms with Crippen molar-refractivity contribution in [2.45, 2.75) is 148 Å². The second-order valence-corrected chi connectivity index (χ2v) is 13.0. The topological polar surface area (TPSA) is 239 Å². The molecule has 0 aromatic rings. The molecule has 0 bridgehead atoms. The highest BCUT2D eigenvalue weighted by Gasteiger charge is 2.49. The van der Waals surface area contributed by atoms with Crippen LogP contribution in [0.2, 0.25) is 0 Å². The van der Waals surface area contributed by atoms with Crippen LogP contribution < -0.4 is 32.7 Å². The summed E-state index contributed by atoms with van der Waals surface area (Å²) >= 11 is 0. The molecule has 16 nitrogen and oxygen atoms in total. The van der Waals surface area contributed by atoms with Crippen LogP contribution in [0.15, 0.2) is 0 Å². The van der Waals surface area contributed by atoms with E-state index in [4.69, 9.17) is 30.4 Å². The van der Waals surface area contributed by atoms with Crippen molar-refractivity contribution in [2.24, 2.45) is 11.5 Å². The zero-order valence-corrected chi connectivity index (χ0v) is 33.5. The molecule has 1 amide bonds. The van der Waals surface area contributed by atoms with Gasteiger partial charge in [-0.25, -0.2) is 0 Å². The van der Waals surface area contributed by atoms with Gasteiger partial charge in [0.1, 0.15) is 0 Å². The first-order valence-corrected chi connectivity index (χ1v) is 20.2. The molecule has 0 radical (unpaired) electrons. The number of carbonyl (C=O) groups is 6. The number of Topliss-reactive ketones (excluding diaryl/α,β-unsaturated/α-hetero) is 1. The molecular formula is C38H72N6O10. The quantitative estimate of drug-likeness (QED) is 0.0303. The zero-order chi connectivity index (χ0) is 40.4. The van der Waals surface area contributed by atoms with Gasteiger partial charge < -0.3 is 51.7 Å². The Labute approximate surface area is 323 Å². The summed E-state index contributed by atoms with van der Waals surface area (Å²) in [6.07, 6.45) is 1.75. The van der Waals surface area contributed by atoms with Crippen molar-refractivity contribution in [2.75, 3.05) is 58.9 Å². The third kappa shape index (κ3) is 25.0. The van der Waals surface area contributed by atoms with E-state index in [1.54, 1.807) is 0 Å². The highest BCUT2D eigenvalue weighted by atomic mass is 16.6. The number of ether oxygens (including phenoxy) is 4. The van der Waals surface area contributed by atoms with Crippen LogP contribution in [0.3, 0.4) is 0 Å². The number of nitrogens with one attached hydrogen (secondary N) is 4. The molecule has 0 aliphatic rings. The van der Waals surface area contributed by atoms with Gasteiger partial charge in [0.15, 0.2) is 18.0 Å². The van der Waals surface area contributed by atoms with E-state index < -0.39 is 60.0 Å². The Morgan fingerprint density at radius 2 is 0.852 bits per heavy atom. The van der Waals surface area contributed by atoms with E-state index in [-0.39, 0.29) is 38.6 Å². The number of hydrogen-bond donors (Lipinski definition) is 6. The Kier molecular flexibility index (Phi) is 32.3. The molecule has 0 aromatic carbocycles. The van der Waals surface area contributed by atoms with Gasteiger partial charge in [-0.1, -0.05) is 72.6 Å². The van der Waals surface area contributed by atoms with Crippen LogP contribution in [0.25, 0.3) is 0 Å². The summed E-state index contributed by atoms with van der Waals surface area (Å²) in [6, 6.07) is 0. The minimum Gasteiger partial charge on any atom is -0.454 e. The molecule has 314 valence electrons. The highest BCUT2D eigenvalue weighted by molar-refractivity contribution is 5.88. The molecule has 0 saturated heterocycles. The third-order valence-corrected chi connectivity index (χ3v) is 8.44. The van der Waals surface area contributed by atoms with Crippen molar-refractivity contribution >= 4 is 35.6 Å². The second kappa shape index (κ2) is 34.3. The van der Waals surface area contributed by atoms with Crippen LogP contribution in [0, 0.1) is 0 Å². The van der Waals surface area contributed by atoms with E-state index in [0.29, 0.717) is 45.6 Å². The van der Waals surface area contributed by atoms with Crippen molar-refractivity contribution in [1.29, 1.82) is 0 Å². The number of hydrogen-bond acceptors (Lipinski definition) is 15. The molecule has 8 N–H and O–H groups in total. The maximum absolute atomic E-state index is 13.8. The Morgan fingerprint density at radius 1 is 0.444 bits per heavy atom. The fourth-order valence-electron chi connectivity index (χ4n) is 5.29. The average molecular weight is 773 g/mol. The molecule has 0 aliphatic carbocycles. The normalized spacial score (nSPS) is 13.3. The lowest BCUT2D eigenvalue weighted by Gasteiger charge is -2.35. The van der Waals surface area contributed by atoms with E-state index in [1.807, 2.05) is 0 Å². The van der Waals surface area contributed by atoms with Crippen LogP contribution in [0.4, 0.5) is 0 Å². The van der Waals surface area contributed by atoms with Crippen LogP contribution >= 0.6 is 0 Å². The van der Waals surface area contributed by atoms with Crippen molar-refractivity contribution in [3.63, 3.8) is 0 Å². The summed E-state index contributed by atoms with van der Waals surface area (Å²) in [5.41, 5.74) is 11.0. The van der Waals surface area contributed by atoms with Gasteiger partial charge in [-0.15, -0.1) is 0 Å². The van der Waals surface area contributed by atoms with E-state index in [1.165, 1.54) is 27.7 Å². The molecule has 4 unspecified atom stereocenters. The van der Waals surface area contributed by atoms with E-state index in [2.05, 4.69) is 21.3 Å². The molecule has 4 atom stereocenters. The number of ketones is 1. The molecule has 16 heteroatoms. The minimum atomic E-state index is -1.81. The summed E-state index contributed by atoms with van der Waals surface area (Å²) in [6.45, 7) is 11.7. The maximum Gasteiger partial charge on any atom is 0.306 e. The number of carbonyl (C=O) groups excluding carboxylic acids is 6. The second-order valence-electron chi connectivity index (χ2n) is 13.0. The Bertz CT molecular complexity index is 970. The zero-order valence-electron chi connectivity index (χ0n) is 33.5. The summed E-state index contributed by atoms with van der Waals surface area (Å²) in [4.78, 5) is 78.5. The van der Waals surface area contributed by atoms with Gasteiger partial charge in [0, 0.05) is 77.9 Å². The van der Waals surface area contributed by atoms with Gasteiger partial charge in [-0.3, -0.25) is 28.8 Å². The lowest BCUT2D eigenvalue weighted by atomic mass is 9.96. The molecule has 0 spiro atoms. The standard InChI is InChI=1S/C38H72N6O10/c1-5-30(46)51-34(29(45)19-18-22-41-25-27-43-28-26-42-24-21-40)35(52-31(47)6-2)36(53-32(48)7-3)37(54-33(49)8-4)38(50)44-23-17-15-13-11-9-10-12-14-16-20-39/h34-37,41-43H,5-28,39-40H2,1-4H3,(H,44,50). The first-order chi connectivity index (χ1) is 26.1. The highest BCUT2D eigenvalue weighted by Crippen LogP contribution is 2.23. The van der Waals surface area contributed by atoms with Crippen LogP contribution in [0.1, 0.15) is 124 Å². The smallest absolute Gasteiger partial charge is 0.306 e. The Hall–Kier alpha value is -3.18. The summed E-state index contributed by atoms with van der Waals surface area (Å²) in [5, 5.41) is 12.5. The molecular weight excluding hydrogens is 700 g/mol. The SMILES string of the molecule is CCC(=O)OC(C(=O)CCCNCCNCCNCCN)C(OC(=O)CC)C(OC(=O)CC)C(OC(=O)CC)C(=O)NCCCCCCCCCCCN. The molecule has 0 aromatic heterocycles.